The average molecular weight is 197 g/mol. The van der Waals surface area contributed by atoms with Gasteiger partial charge in [-0.05, 0) is 37.0 Å². The molecule has 2 rings (SSSR count). The van der Waals surface area contributed by atoms with Gasteiger partial charge in [0.25, 0.3) is 0 Å². The second-order valence-electron chi connectivity index (χ2n) is 4.70. The summed E-state index contributed by atoms with van der Waals surface area (Å²) in [5.74, 6) is 2.05. The van der Waals surface area contributed by atoms with E-state index in [1.807, 2.05) is 4.90 Å². The predicted molar refractivity (Wildman–Crippen MR) is 53.7 cm³/mol. The molecular weight excluding hydrogens is 178 g/mol. The highest BCUT2D eigenvalue weighted by atomic mass is 16.3. The van der Waals surface area contributed by atoms with Gasteiger partial charge < -0.3 is 10.0 Å². The van der Waals surface area contributed by atoms with Crippen LogP contribution < -0.4 is 0 Å². The number of fused-ring (bicyclic) bond motifs is 1. The highest BCUT2D eigenvalue weighted by Gasteiger charge is 2.39. The van der Waals surface area contributed by atoms with Gasteiger partial charge in [0.15, 0.2) is 0 Å². The van der Waals surface area contributed by atoms with Gasteiger partial charge in [0.05, 0.1) is 0 Å². The number of likely N-dealkylation sites (tertiary alicyclic amines) is 1. The second kappa shape index (κ2) is 3.89. The van der Waals surface area contributed by atoms with Crippen molar-refractivity contribution in [1.82, 2.24) is 4.90 Å². The summed E-state index contributed by atoms with van der Waals surface area (Å²) in [5.41, 5.74) is 0. The molecule has 0 aromatic carbocycles. The monoisotopic (exact) mass is 197 g/mol. The maximum absolute atomic E-state index is 11.2. The standard InChI is InChI=1S/C11H19NO2/c1-8(14)12-5-4-11-9(6-12)2-3-10(11)7-13/h9-11,13H,2-7H2,1H3. The number of rotatable bonds is 1. The Morgan fingerprint density at radius 1 is 1.43 bits per heavy atom. The van der Waals surface area contributed by atoms with E-state index in [1.165, 1.54) is 6.42 Å². The molecule has 1 N–H and O–H groups in total. The van der Waals surface area contributed by atoms with Gasteiger partial charge in [-0.1, -0.05) is 0 Å². The number of piperidine rings is 1. The highest BCUT2D eigenvalue weighted by molar-refractivity contribution is 5.73. The number of hydrogen-bond acceptors (Lipinski definition) is 2. The molecule has 0 aromatic rings. The lowest BCUT2D eigenvalue weighted by atomic mass is 9.83. The lowest BCUT2D eigenvalue weighted by Crippen LogP contribution is -2.42. The normalized spacial score (nSPS) is 37.0. The predicted octanol–water partition coefficient (Wildman–Crippen LogP) is 0.873. The van der Waals surface area contributed by atoms with Gasteiger partial charge >= 0.3 is 0 Å². The van der Waals surface area contributed by atoms with Crippen molar-refractivity contribution in [3.05, 3.63) is 0 Å². The molecule has 1 heterocycles. The molecule has 3 unspecified atom stereocenters. The maximum Gasteiger partial charge on any atom is 0.219 e. The number of aliphatic hydroxyl groups excluding tert-OH is 1. The van der Waals surface area contributed by atoms with E-state index in [0.717, 1.165) is 25.9 Å². The molecule has 1 aliphatic carbocycles. The van der Waals surface area contributed by atoms with Crippen molar-refractivity contribution in [2.45, 2.75) is 26.2 Å². The quantitative estimate of drug-likeness (QED) is 0.677. The average Bonchev–Trinajstić information content (AvgIpc) is 2.59. The van der Waals surface area contributed by atoms with E-state index in [-0.39, 0.29) is 5.91 Å². The third kappa shape index (κ3) is 1.65. The van der Waals surface area contributed by atoms with Crippen molar-refractivity contribution in [3.63, 3.8) is 0 Å². The minimum absolute atomic E-state index is 0.205. The van der Waals surface area contributed by atoms with E-state index in [9.17, 15) is 9.90 Å². The summed E-state index contributed by atoms with van der Waals surface area (Å²) in [6, 6.07) is 0. The van der Waals surface area contributed by atoms with Gasteiger partial charge in [0.1, 0.15) is 0 Å². The van der Waals surface area contributed by atoms with Gasteiger partial charge in [0.2, 0.25) is 5.91 Å². The zero-order valence-electron chi connectivity index (χ0n) is 8.78. The van der Waals surface area contributed by atoms with Gasteiger partial charge in [-0.2, -0.15) is 0 Å². The summed E-state index contributed by atoms with van der Waals surface area (Å²) < 4.78 is 0. The topological polar surface area (TPSA) is 40.5 Å². The molecule has 2 aliphatic rings. The molecule has 3 nitrogen and oxygen atoms in total. The van der Waals surface area contributed by atoms with Gasteiger partial charge in [-0.25, -0.2) is 0 Å². The first-order valence-corrected chi connectivity index (χ1v) is 5.58. The van der Waals surface area contributed by atoms with Crippen LogP contribution >= 0.6 is 0 Å². The molecule has 1 saturated heterocycles. The van der Waals surface area contributed by atoms with Crippen LogP contribution in [0, 0.1) is 17.8 Å². The van der Waals surface area contributed by atoms with Crippen LogP contribution in [0.3, 0.4) is 0 Å². The zero-order valence-corrected chi connectivity index (χ0v) is 8.78. The van der Waals surface area contributed by atoms with Crippen LogP contribution in [0.4, 0.5) is 0 Å². The van der Waals surface area contributed by atoms with E-state index in [1.54, 1.807) is 6.92 Å². The minimum Gasteiger partial charge on any atom is -0.396 e. The SMILES string of the molecule is CC(=O)N1CCC2C(CO)CCC2C1. The molecule has 3 atom stereocenters. The van der Waals surface area contributed by atoms with Crippen molar-refractivity contribution >= 4 is 5.91 Å². The number of carbonyl (C=O) groups excluding carboxylic acids is 1. The molecule has 0 aromatic heterocycles. The van der Waals surface area contributed by atoms with E-state index >= 15 is 0 Å². The van der Waals surface area contributed by atoms with Crippen molar-refractivity contribution in [1.29, 1.82) is 0 Å². The van der Waals surface area contributed by atoms with Crippen LogP contribution in [0.15, 0.2) is 0 Å². The Bertz CT molecular complexity index is 229. The molecule has 2 fully saturated rings. The third-order valence-corrected chi connectivity index (χ3v) is 3.99. The van der Waals surface area contributed by atoms with Crippen LogP contribution in [0.25, 0.3) is 0 Å². The number of nitrogens with zero attached hydrogens (tertiary/aromatic N) is 1. The molecule has 14 heavy (non-hydrogen) atoms. The fraction of sp³-hybridized carbons (Fsp3) is 0.909. The molecular formula is C11H19NO2. The summed E-state index contributed by atoms with van der Waals surface area (Å²) >= 11 is 0. The summed E-state index contributed by atoms with van der Waals surface area (Å²) in [6.07, 6.45) is 3.44. The van der Waals surface area contributed by atoms with Crippen molar-refractivity contribution in [3.8, 4) is 0 Å². The Morgan fingerprint density at radius 2 is 2.21 bits per heavy atom. The number of amides is 1. The van der Waals surface area contributed by atoms with Gasteiger partial charge in [-0.3, -0.25) is 4.79 Å². The molecule has 1 aliphatic heterocycles. The minimum atomic E-state index is 0.205. The summed E-state index contributed by atoms with van der Waals surface area (Å²) in [6.45, 7) is 3.81. The highest BCUT2D eigenvalue weighted by Crippen LogP contribution is 2.41. The van der Waals surface area contributed by atoms with E-state index in [4.69, 9.17) is 0 Å². The van der Waals surface area contributed by atoms with Gasteiger partial charge in [0, 0.05) is 26.6 Å². The van der Waals surface area contributed by atoms with E-state index < -0.39 is 0 Å². The Labute approximate surface area is 85.1 Å². The molecule has 80 valence electrons. The van der Waals surface area contributed by atoms with Crippen LogP contribution in [-0.2, 0) is 4.79 Å². The number of carbonyl (C=O) groups is 1. The Hall–Kier alpha value is -0.570. The summed E-state index contributed by atoms with van der Waals surface area (Å²) in [4.78, 5) is 13.2. The number of hydrogen-bond donors (Lipinski definition) is 1. The fourth-order valence-electron chi connectivity index (χ4n) is 3.13. The molecule has 0 bridgehead atoms. The van der Waals surface area contributed by atoms with Gasteiger partial charge in [-0.15, -0.1) is 0 Å². The largest absolute Gasteiger partial charge is 0.396 e. The second-order valence-corrected chi connectivity index (χ2v) is 4.70. The first-order chi connectivity index (χ1) is 6.72. The maximum atomic E-state index is 11.2. The van der Waals surface area contributed by atoms with Crippen molar-refractivity contribution in [2.24, 2.45) is 17.8 Å². The van der Waals surface area contributed by atoms with Crippen LogP contribution in [0.5, 0.6) is 0 Å². The Balaban J connectivity index is 1.97. The molecule has 1 saturated carbocycles. The smallest absolute Gasteiger partial charge is 0.219 e. The lowest BCUT2D eigenvalue weighted by molar-refractivity contribution is -0.131. The zero-order chi connectivity index (χ0) is 10.1. The molecule has 3 heteroatoms. The van der Waals surface area contributed by atoms with Crippen molar-refractivity contribution < 1.29 is 9.90 Å². The first kappa shape index (κ1) is 9.97. The van der Waals surface area contributed by atoms with Crippen LogP contribution in [0.1, 0.15) is 26.2 Å². The summed E-state index contributed by atoms with van der Waals surface area (Å²) in [5, 5.41) is 9.20. The Kier molecular flexibility index (Phi) is 2.77. The fourth-order valence-corrected chi connectivity index (χ4v) is 3.13. The summed E-state index contributed by atoms with van der Waals surface area (Å²) in [7, 11) is 0. The first-order valence-electron chi connectivity index (χ1n) is 5.58. The lowest BCUT2D eigenvalue weighted by Gasteiger charge is -2.36. The third-order valence-electron chi connectivity index (χ3n) is 3.99. The van der Waals surface area contributed by atoms with E-state index in [0.29, 0.717) is 24.4 Å². The Morgan fingerprint density at radius 3 is 2.86 bits per heavy atom. The molecule has 0 radical (unpaired) electrons. The van der Waals surface area contributed by atoms with E-state index in [2.05, 4.69) is 0 Å². The van der Waals surface area contributed by atoms with Crippen molar-refractivity contribution in [2.75, 3.05) is 19.7 Å². The van der Waals surface area contributed by atoms with Crippen LogP contribution in [0.2, 0.25) is 0 Å². The van der Waals surface area contributed by atoms with Crippen LogP contribution in [-0.4, -0.2) is 35.6 Å². The molecule has 1 amide bonds. The number of aliphatic hydroxyl groups is 1. The molecule has 0 spiro atoms.